The molecule has 0 bridgehead atoms. The van der Waals surface area contributed by atoms with Gasteiger partial charge in [0.05, 0.1) is 0 Å². The van der Waals surface area contributed by atoms with E-state index in [0.717, 1.165) is 29.7 Å². The number of aldehydes is 1. The second-order valence-corrected chi connectivity index (χ2v) is 5.10. The van der Waals surface area contributed by atoms with Gasteiger partial charge in [0, 0.05) is 16.5 Å². The van der Waals surface area contributed by atoms with Crippen LogP contribution < -0.4 is 0 Å². The fourth-order valence-electron chi connectivity index (χ4n) is 2.79. The average Bonchev–Trinajstić information content (AvgIpc) is 2.82. The third-order valence-electron chi connectivity index (χ3n) is 3.66. The standard InChI is InChI=1S/C16H13ClO/c17-16-4-2-1-3-15(16)14-8-6-12-9-11(10-18)5-7-13(12)14/h1-5,7,9-10,14H,6,8H2. The minimum absolute atomic E-state index is 0.370. The summed E-state index contributed by atoms with van der Waals surface area (Å²) in [5.74, 6) is 0.370. The van der Waals surface area contributed by atoms with E-state index in [1.54, 1.807) is 0 Å². The summed E-state index contributed by atoms with van der Waals surface area (Å²) in [6, 6.07) is 14.0. The predicted octanol–water partition coefficient (Wildman–Crippen LogP) is 4.23. The Morgan fingerprint density at radius 1 is 1.11 bits per heavy atom. The quantitative estimate of drug-likeness (QED) is 0.735. The van der Waals surface area contributed by atoms with Gasteiger partial charge in [-0.25, -0.2) is 0 Å². The zero-order chi connectivity index (χ0) is 12.5. The molecule has 18 heavy (non-hydrogen) atoms. The summed E-state index contributed by atoms with van der Waals surface area (Å²) in [6.07, 6.45) is 3.00. The third kappa shape index (κ3) is 1.85. The molecule has 0 saturated carbocycles. The number of rotatable bonds is 2. The minimum atomic E-state index is 0.370. The number of hydrogen-bond donors (Lipinski definition) is 0. The Labute approximate surface area is 111 Å². The molecule has 0 fully saturated rings. The summed E-state index contributed by atoms with van der Waals surface area (Å²) in [5.41, 5.74) is 4.54. The summed E-state index contributed by atoms with van der Waals surface area (Å²) in [7, 11) is 0. The first kappa shape index (κ1) is 11.5. The van der Waals surface area contributed by atoms with Gasteiger partial charge in [-0.2, -0.15) is 0 Å². The van der Waals surface area contributed by atoms with Crippen LogP contribution >= 0.6 is 11.6 Å². The SMILES string of the molecule is O=Cc1ccc2c(c1)CCC2c1ccccc1Cl. The molecule has 3 rings (SSSR count). The molecule has 2 heteroatoms. The van der Waals surface area contributed by atoms with Crippen molar-refractivity contribution in [1.29, 1.82) is 0 Å². The van der Waals surface area contributed by atoms with Crippen molar-refractivity contribution < 1.29 is 4.79 Å². The maximum absolute atomic E-state index is 10.8. The van der Waals surface area contributed by atoms with Crippen molar-refractivity contribution in [2.24, 2.45) is 0 Å². The smallest absolute Gasteiger partial charge is 0.150 e. The highest BCUT2D eigenvalue weighted by Crippen LogP contribution is 2.40. The summed E-state index contributed by atoms with van der Waals surface area (Å²) in [5, 5.41) is 0.829. The lowest BCUT2D eigenvalue weighted by atomic mass is 9.92. The molecule has 1 atom stereocenters. The van der Waals surface area contributed by atoms with Crippen molar-refractivity contribution in [2.45, 2.75) is 18.8 Å². The molecule has 1 nitrogen and oxygen atoms in total. The van der Waals surface area contributed by atoms with E-state index >= 15 is 0 Å². The van der Waals surface area contributed by atoms with Gasteiger partial charge in [-0.3, -0.25) is 4.79 Å². The zero-order valence-electron chi connectivity index (χ0n) is 9.90. The Bertz CT molecular complexity index is 604. The van der Waals surface area contributed by atoms with Crippen LogP contribution in [0.4, 0.5) is 0 Å². The first-order valence-corrected chi connectivity index (χ1v) is 6.50. The lowest BCUT2D eigenvalue weighted by Crippen LogP contribution is -1.97. The van der Waals surface area contributed by atoms with Crippen LogP contribution in [0.3, 0.4) is 0 Å². The van der Waals surface area contributed by atoms with Crippen molar-refractivity contribution in [3.05, 3.63) is 69.7 Å². The highest BCUT2D eigenvalue weighted by molar-refractivity contribution is 6.31. The molecule has 0 amide bonds. The molecule has 1 unspecified atom stereocenters. The summed E-state index contributed by atoms with van der Waals surface area (Å²) in [4.78, 5) is 10.8. The monoisotopic (exact) mass is 256 g/mol. The molecule has 0 aliphatic heterocycles. The molecule has 0 saturated heterocycles. The molecule has 0 radical (unpaired) electrons. The van der Waals surface area contributed by atoms with E-state index in [2.05, 4.69) is 12.1 Å². The molecule has 0 spiro atoms. The van der Waals surface area contributed by atoms with Gasteiger partial charge >= 0.3 is 0 Å². The normalized spacial score (nSPS) is 17.5. The van der Waals surface area contributed by atoms with Crippen molar-refractivity contribution in [2.75, 3.05) is 0 Å². The molecule has 2 aromatic rings. The number of carbonyl (C=O) groups excluding carboxylic acids is 1. The van der Waals surface area contributed by atoms with Crippen LogP contribution in [0.5, 0.6) is 0 Å². The van der Waals surface area contributed by atoms with Gasteiger partial charge < -0.3 is 0 Å². The van der Waals surface area contributed by atoms with Gasteiger partial charge in [-0.05, 0) is 41.7 Å². The van der Waals surface area contributed by atoms with Crippen LogP contribution in [0, 0.1) is 0 Å². The molecular formula is C16H13ClO. The van der Waals surface area contributed by atoms with Crippen LogP contribution in [0.1, 0.15) is 39.4 Å². The Morgan fingerprint density at radius 3 is 2.72 bits per heavy atom. The van der Waals surface area contributed by atoms with Crippen molar-refractivity contribution in [3.8, 4) is 0 Å². The molecule has 0 aromatic heterocycles. The largest absolute Gasteiger partial charge is 0.298 e. The average molecular weight is 257 g/mol. The highest BCUT2D eigenvalue weighted by atomic mass is 35.5. The summed E-state index contributed by atoms with van der Waals surface area (Å²) < 4.78 is 0. The van der Waals surface area contributed by atoms with Crippen molar-refractivity contribution in [1.82, 2.24) is 0 Å². The van der Waals surface area contributed by atoms with Gasteiger partial charge in [0.1, 0.15) is 6.29 Å². The van der Waals surface area contributed by atoms with E-state index in [-0.39, 0.29) is 0 Å². The van der Waals surface area contributed by atoms with E-state index < -0.39 is 0 Å². The molecule has 0 N–H and O–H groups in total. The highest BCUT2D eigenvalue weighted by Gasteiger charge is 2.25. The van der Waals surface area contributed by atoms with Gasteiger partial charge in [0.2, 0.25) is 0 Å². The second kappa shape index (κ2) is 4.58. The number of halogens is 1. The van der Waals surface area contributed by atoms with E-state index in [0.29, 0.717) is 5.92 Å². The Balaban J connectivity index is 2.05. The lowest BCUT2D eigenvalue weighted by molar-refractivity contribution is 0.112. The Morgan fingerprint density at radius 2 is 1.94 bits per heavy atom. The van der Waals surface area contributed by atoms with Crippen molar-refractivity contribution in [3.63, 3.8) is 0 Å². The first-order valence-electron chi connectivity index (χ1n) is 6.12. The lowest BCUT2D eigenvalue weighted by Gasteiger charge is -2.13. The fraction of sp³-hybridized carbons (Fsp3) is 0.188. The Kier molecular flexibility index (Phi) is 2.92. The zero-order valence-corrected chi connectivity index (χ0v) is 10.7. The maximum atomic E-state index is 10.8. The van der Waals surface area contributed by atoms with Crippen LogP contribution in [-0.2, 0) is 6.42 Å². The summed E-state index contributed by atoms with van der Waals surface area (Å²) >= 11 is 6.27. The number of carbonyl (C=O) groups is 1. The van der Waals surface area contributed by atoms with Crippen LogP contribution in [0.15, 0.2) is 42.5 Å². The first-order chi connectivity index (χ1) is 8.79. The van der Waals surface area contributed by atoms with Crippen LogP contribution in [0.25, 0.3) is 0 Å². The van der Waals surface area contributed by atoms with Gasteiger partial charge in [0.15, 0.2) is 0 Å². The van der Waals surface area contributed by atoms with Gasteiger partial charge in [0.25, 0.3) is 0 Å². The molecule has 1 aliphatic rings. The van der Waals surface area contributed by atoms with Gasteiger partial charge in [-0.15, -0.1) is 0 Å². The van der Waals surface area contributed by atoms with Crippen molar-refractivity contribution >= 4 is 17.9 Å². The molecule has 1 aliphatic carbocycles. The molecular weight excluding hydrogens is 244 g/mol. The fourth-order valence-corrected chi connectivity index (χ4v) is 3.06. The number of aryl methyl sites for hydroxylation is 1. The van der Waals surface area contributed by atoms with Crippen LogP contribution in [-0.4, -0.2) is 6.29 Å². The Hall–Kier alpha value is -1.60. The van der Waals surface area contributed by atoms with E-state index in [9.17, 15) is 4.79 Å². The van der Waals surface area contributed by atoms with E-state index in [4.69, 9.17) is 11.6 Å². The summed E-state index contributed by atoms with van der Waals surface area (Å²) in [6.45, 7) is 0. The number of fused-ring (bicyclic) bond motifs is 1. The molecule has 2 aromatic carbocycles. The van der Waals surface area contributed by atoms with Gasteiger partial charge in [-0.1, -0.05) is 41.9 Å². The maximum Gasteiger partial charge on any atom is 0.150 e. The molecule has 90 valence electrons. The van der Waals surface area contributed by atoms with E-state index in [1.165, 1.54) is 16.7 Å². The number of benzene rings is 2. The molecule has 0 heterocycles. The topological polar surface area (TPSA) is 17.1 Å². The second-order valence-electron chi connectivity index (χ2n) is 4.69. The van der Waals surface area contributed by atoms with E-state index in [1.807, 2.05) is 30.3 Å². The third-order valence-corrected chi connectivity index (χ3v) is 4.01. The number of hydrogen-bond acceptors (Lipinski definition) is 1. The van der Waals surface area contributed by atoms with Crippen LogP contribution in [0.2, 0.25) is 5.02 Å². The predicted molar refractivity (Wildman–Crippen MR) is 73.4 cm³/mol. The minimum Gasteiger partial charge on any atom is -0.298 e.